The van der Waals surface area contributed by atoms with Gasteiger partial charge in [0.05, 0.1) is 0 Å². The van der Waals surface area contributed by atoms with E-state index in [2.05, 4.69) is 77.1 Å². The minimum atomic E-state index is 0.0834. The lowest BCUT2D eigenvalue weighted by molar-refractivity contribution is 0.592. The summed E-state index contributed by atoms with van der Waals surface area (Å²) >= 11 is 3.46. The Kier molecular flexibility index (Phi) is 4.99. The molecule has 2 aromatic rings. The van der Waals surface area contributed by atoms with Gasteiger partial charge in [-0.05, 0) is 39.4 Å². The molecule has 0 atom stereocenters. The number of nitrogens with zero attached hydrogens (tertiary/aromatic N) is 2. The standard InChI is InChI=1S/C17H22BrN3/c1-5-8-15-20-14(18)11-16(21-15)19-13-10-7-6-9-12(13)17(2,3)4/h6-7,9-11H,5,8H2,1-4H3,(H,19,20,21). The van der Waals surface area contributed by atoms with E-state index in [1.807, 2.05) is 12.1 Å². The van der Waals surface area contributed by atoms with Gasteiger partial charge >= 0.3 is 0 Å². The summed E-state index contributed by atoms with van der Waals surface area (Å²) in [5.74, 6) is 1.69. The van der Waals surface area contributed by atoms with Crippen LogP contribution in [-0.4, -0.2) is 9.97 Å². The van der Waals surface area contributed by atoms with Gasteiger partial charge in [-0.15, -0.1) is 0 Å². The molecule has 3 nitrogen and oxygen atoms in total. The van der Waals surface area contributed by atoms with Gasteiger partial charge in [-0.25, -0.2) is 9.97 Å². The molecule has 0 fully saturated rings. The Balaban J connectivity index is 2.35. The lowest BCUT2D eigenvalue weighted by Gasteiger charge is -2.23. The van der Waals surface area contributed by atoms with Crippen LogP contribution in [0.4, 0.5) is 11.5 Å². The maximum atomic E-state index is 4.59. The van der Waals surface area contributed by atoms with Crippen molar-refractivity contribution in [3.63, 3.8) is 0 Å². The first-order valence-electron chi connectivity index (χ1n) is 7.30. The first kappa shape index (κ1) is 16.0. The third-order valence-electron chi connectivity index (χ3n) is 3.21. The quantitative estimate of drug-likeness (QED) is 0.769. The predicted molar refractivity (Wildman–Crippen MR) is 92.2 cm³/mol. The molecular weight excluding hydrogens is 326 g/mol. The van der Waals surface area contributed by atoms with Crippen LogP contribution < -0.4 is 5.32 Å². The molecule has 0 radical (unpaired) electrons. The van der Waals surface area contributed by atoms with E-state index >= 15 is 0 Å². The zero-order valence-corrected chi connectivity index (χ0v) is 14.7. The van der Waals surface area contributed by atoms with Gasteiger partial charge < -0.3 is 5.32 Å². The molecule has 0 amide bonds. The summed E-state index contributed by atoms with van der Waals surface area (Å²) in [5, 5.41) is 3.44. The number of nitrogens with one attached hydrogen (secondary N) is 1. The van der Waals surface area contributed by atoms with Crippen LogP contribution in [0, 0.1) is 0 Å². The molecule has 0 unspecified atom stereocenters. The van der Waals surface area contributed by atoms with Crippen LogP contribution >= 0.6 is 15.9 Å². The summed E-state index contributed by atoms with van der Waals surface area (Å²) in [7, 11) is 0. The van der Waals surface area contributed by atoms with Crippen LogP contribution in [0.15, 0.2) is 34.9 Å². The van der Waals surface area contributed by atoms with E-state index in [0.29, 0.717) is 0 Å². The fraction of sp³-hybridized carbons (Fsp3) is 0.412. The van der Waals surface area contributed by atoms with Gasteiger partial charge in [-0.3, -0.25) is 0 Å². The average molecular weight is 348 g/mol. The summed E-state index contributed by atoms with van der Waals surface area (Å²) in [5.41, 5.74) is 2.45. The Labute approximate surface area is 135 Å². The SMILES string of the molecule is CCCc1nc(Br)cc(Nc2ccccc2C(C)(C)C)n1. The lowest BCUT2D eigenvalue weighted by atomic mass is 9.86. The summed E-state index contributed by atoms with van der Waals surface area (Å²) in [4.78, 5) is 8.99. The third-order valence-corrected chi connectivity index (χ3v) is 3.62. The number of halogens is 1. The second-order valence-corrected chi connectivity index (χ2v) is 6.98. The smallest absolute Gasteiger partial charge is 0.135 e. The van der Waals surface area contributed by atoms with Crippen LogP contribution in [-0.2, 0) is 11.8 Å². The summed E-state index contributed by atoms with van der Waals surface area (Å²) in [6.07, 6.45) is 1.92. The van der Waals surface area contributed by atoms with Crippen molar-refractivity contribution in [1.29, 1.82) is 0 Å². The normalized spacial score (nSPS) is 11.5. The van der Waals surface area contributed by atoms with E-state index in [-0.39, 0.29) is 5.41 Å². The van der Waals surface area contributed by atoms with Gasteiger partial charge in [-0.1, -0.05) is 45.9 Å². The topological polar surface area (TPSA) is 37.8 Å². The van der Waals surface area contributed by atoms with Gasteiger partial charge in [0, 0.05) is 18.2 Å². The van der Waals surface area contributed by atoms with Crippen LogP contribution in [0.2, 0.25) is 0 Å². The Hall–Kier alpha value is -1.42. The first-order valence-corrected chi connectivity index (χ1v) is 8.09. The first-order chi connectivity index (χ1) is 9.90. The average Bonchev–Trinajstić information content (AvgIpc) is 2.37. The van der Waals surface area contributed by atoms with E-state index < -0.39 is 0 Å². The maximum Gasteiger partial charge on any atom is 0.135 e. The van der Waals surface area contributed by atoms with Crippen molar-refractivity contribution in [3.8, 4) is 0 Å². The van der Waals surface area contributed by atoms with Gasteiger partial charge in [0.2, 0.25) is 0 Å². The molecule has 1 heterocycles. The van der Waals surface area contributed by atoms with Gasteiger partial charge in [0.15, 0.2) is 0 Å². The summed E-state index contributed by atoms with van der Waals surface area (Å²) in [6.45, 7) is 8.77. The molecule has 0 saturated heterocycles. The second-order valence-electron chi connectivity index (χ2n) is 6.16. The highest BCUT2D eigenvalue weighted by Gasteiger charge is 2.17. The summed E-state index contributed by atoms with van der Waals surface area (Å²) < 4.78 is 0.816. The molecule has 1 aromatic heterocycles. The van der Waals surface area contributed by atoms with Crippen LogP contribution in [0.5, 0.6) is 0 Å². The molecular formula is C17H22BrN3. The van der Waals surface area contributed by atoms with E-state index in [1.165, 1.54) is 5.56 Å². The number of aromatic nitrogens is 2. The van der Waals surface area contributed by atoms with Crippen LogP contribution in [0.25, 0.3) is 0 Å². The molecule has 0 aliphatic carbocycles. The van der Waals surface area contributed by atoms with E-state index in [1.54, 1.807) is 0 Å². The monoisotopic (exact) mass is 347 g/mol. The van der Waals surface area contributed by atoms with Crippen molar-refractivity contribution in [2.45, 2.75) is 46.0 Å². The Morgan fingerprint density at radius 2 is 1.86 bits per heavy atom. The maximum absolute atomic E-state index is 4.59. The highest BCUT2D eigenvalue weighted by Crippen LogP contribution is 2.31. The third kappa shape index (κ3) is 4.27. The van der Waals surface area contributed by atoms with Crippen LogP contribution in [0.1, 0.15) is 45.5 Å². The molecule has 1 N–H and O–H groups in total. The zero-order chi connectivity index (χ0) is 15.5. The van der Waals surface area contributed by atoms with Gasteiger partial charge in [-0.2, -0.15) is 0 Å². The Bertz CT molecular complexity index is 618. The number of hydrogen-bond donors (Lipinski definition) is 1. The van der Waals surface area contributed by atoms with Crippen molar-refractivity contribution in [3.05, 3.63) is 46.3 Å². The highest BCUT2D eigenvalue weighted by atomic mass is 79.9. The molecule has 2 rings (SSSR count). The molecule has 112 valence electrons. The second kappa shape index (κ2) is 6.56. The Morgan fingerprint density at radius 1 is 1.14 bits per heavy atom. The number of aryl methyl sites for hydroxylation is 1. The zero-order valence-electron chi connectivity index (χ0n) is 13.1. The molecule has 0 saturated carbocycles. The number of rotatable bonds is 4. The van der Waals surface area contributed by atoms with Crippen molar-refractivity contribution < 1.29 is 0 Å². The van der Waals surface area contributed by atoms with Crippen molar-refractivity contribution in [2.24, 2.45) is 0 Å². The van der Waals surface area contributed by atoms with Gasteiger partial charge in [0.25, 0.3) is 0 Å². The largest absolute Gasteiger partial charge is 0.340 e. The predicted octanol–water partition coefficient (Wildman–Crippen LogP) is 5.23. The van der Waals surface area contributed by atoms with Crippen molar-refractivity contribution in [2.75, 3.05) is 5.32 Å². The molecule has 0 aliphatic rings. The lowest BCUT2D eigenvalue weighted by Crippen LogP contribution is -2.14. The van der Waals surface area contributed by atoms with E-state index in [0.717, 1.165) is 34.8 Å². The minimum Gasteiger partial charge on any atom is -0.340 e. The highest BCUT2D eigenvalue weighted by molar-refractivity contribution is 9.10. The molecule has 1 aromatic carbocycles. The molecule has 4 heteroatoms. The molecule has 0 bridgehead atoms. The fourth-order valence-electron chi connectivity index (χ4n) is 2.25. The van der Waals surface area contributed by atoms with Crippen molar-refractivity contribution >= 4 is 27.4 Å². The van der Waals surface area contributed by atoms with Crippen LogP contribution in [0.3, 0.4) is 0 Å². The number of anilines is 2. The van der Waals surface area contributed by atoms with Crippen molar-refractivity contribution in [1.82, 2.24) is 9.97 Å². The number of hydrogen-bond acceptors (Lipinski definition) is 3. The van der Waals surface area contributed by atoms with E-state index in [9.17, 15) is 0 Å². The summed E-state index contributed by atoms with van der Waals surface area (Å²) in [6, 6.07) is 10.3. The number of para-hydroxylation sites is 1. The minimum absolute atomic E-state index is 0.0834. The molecule has 21 heavy (non-hydrogen) atoms. The van der Waals surface area contributed by atoms with Gasteiger partial charge in [0.1, 0.15) is 16.2 Å². The van der Waals surface area contributed by atoms with E-state index in [4.69, 9.17) is 0 Å². The Morgan fingerprint density at radius 3 is 2.52 bits per heavy atom. The fourth-order valence-corrected chi connectivity index (χ4v) is 2.67. The molecule has 0 aliphatic heterocycles. The number of benzene rings is 1. The molecule has 0 spiro atoms.